The van der Waals surface area contributed by atoms with E-state index in [-0.39, 0.29) is 0 Å². The number of nitrogens with one attached hydrogen (secondary N) is 1. The Morgan fingerprint density at radius 3 is 2.54 bits per heavy atom. The number of benzene rings is 1. The molecule has 4 heterocycles. The number of aromatic nitrogens is 5. The molecule has 3 aromatic heterocycles. The molecule has 37 heavy (non-hydrogen) atoms. The van der Waals surface area contributed by atoms with E-state index >= 15 is 0 Å². The third-order valence-electron chi connectivity index (χ3n) is 6.44. The molecule has 0 unspecified atom stereocenters. The van der Waals surface area contributed by atoms with E-state index in [1.165, 1.54) is 32.4 Å². The highest BCUT2D eigenvalue weighted by atomic mass is 16.5. The third kappa shape index (κ3) is 7.32. The largest absolute Gasteiger partial charge is 0.492 e. The molecule has 1 fully saturated rings. The van der Waals surface area contributed by atoms with Crippen molar-refractivity contribution in [1.82, 2.24) is 29.3 Å². The zero-order chi connectivity index (χ0) is 26.0. The van der Waals surface area contributed by atoms with Crippen molar-refractivity contribution < 1.29 is 4.74 Å². The Balaban J connectivity index is 0.00000156. The first-order valence-corrected chi connectivity index (χ1v) is 13.7. The van der Waals surface area contributed by atoms with Gasteiger partial charge in [0.05, 0.1) is 11.9 Å². The van der Waals surface area contributed by atoms with Gasteiger partial charge in [0, 0.05) is 30.5 Å². The average molecular weight is 504 g/mol. The molecule has 1 saturated heterocycles. The number of fused-ring (bicyclic) bond motifs is 1. The van der Waals surface area contributed by atoms with Crippen LogP contribution in [0.25, 0.3) is 16.9 Å². The zero-order valence-electron chi connectivity index (χ0n) is 22.7. The highest BCUT2D eigenvalue weighted by molar-refractivity contribution is 5.63. The van der Waals surface area contributed by atoms with E-state index in [2.05, 4.69) is 46.4 Å². The van der Waals surface area contributed by atoms with Gasteiger partial charge in [0.2, 0.25) is 5.95 Å². The molecule has 8 heteroatoms. The molecule has 1 aliphatic heterocycles. The normalized spacial score (nSPS) is 13.6. The molecule has 198 valence electrons. The maximum absolute atomic E-state index is 5.91. The van der Waals surface area contributed by atoms with Crippen LogP contribution in [0.1, 0.15) is 53.4 Å². The smallest absolute Gasteiger partial charge is 0.247 e. The van der Waals surface area contributed by atoms with Crippen LogP contribution in [-0.4, -0.2) is 55.5 Å². The van der Waals surface area contributed by atoms with Gasteiger partial charge in [-0.3, -0.25) is 9.58 Å². The van der Waals surface area contributed by atoms with Gasteiger partial charge in [-0.1, -0.05) is 33.8 Å². The van der Waals surface area contributed by atoms with Crippen molar-refractivity contribution in [2.24, 2.45) is 5.92 Å². The molecule has 5 rings (SSSR count). The van der Waals surface area contributed by atoms with Crippen LogP contribution in [0.5, 0.6) is 5.75 Å². The van der Waals surface area contributed by atoms with Crippen molar-refractivity contribution in [3.8, 4) is 17.0 Å². The van der Waals surface area contributed by atoms with E-state index in [0.29, 0.717) is 11.9 Å². The Morgan fingerprint density at radius 1 is 1.00 bits per heavy atom. The van der Waals surface area contributed by atoms with Crippen LogP contribution in [0.2, 0.25) is 0 Å². The highest BCUT2D eigenvalue weighted by Gasteiger charge is 2.12. The van der Waals surface area contributed by atoms with Crippen molar-refractivity contribution in [1.29, 1.82) is 0 Å². The first-order chi connectivity index (χ1) is 18.1. The fraction of sp³-hybridized carbons (Fsp3) is 0.483. The van der Waals surface area contributed by atoms with Crippen LogP contribution >= 0.6 is 0 Å². The number of ether oxygens (including phenoxy) is 1. The molecule has 0 saturated carbocycles. The number of aryl methyl sites for hydroxylation is 1. The summed E-state index contributed by atoms with van der Waals surface area (Å²) < 4.78 is 9.80. The molecule has 0 aliphatic carbocycles. The third-order valence-corrected chi connectivity index (χ3v) is 6.44. The lowest BCUT2D eigenvalue weighted by molar-refractivity contribution is 0.238. The van der Waals surface area contributed by atoms with Crippen LogP contribution in [0.15, 0.2) is 54.9 Å². The quantitative estimate of drug-likeness (QED) is 0.260. The molecule has 1 N–H and O–H groups in total. The van der Waals surface area contributed by atoms with Crippen LogP contribution in [-0.2, 0) is 6.54 Å². The summed E-state index contributed by atoms with van der Waals surface area (Å²) in [7, 11) is 0. The minimum absolute atomic E-state index is 0.560. The highest BCUT2D eigenvalue weighted by Crippen LogP contribution is 2.23. The number of hydrogen-bond acceptors (Lipinski definition) is 6. The van der Waals surface area contributed by atoms with Crippen molar-refractivity contribution in [3.05, 3.63) is 54.9 Å². The van der Waals surface area contributed by atoms with Crippen LogP contribution in [0, 0.1) is 5.92 Å². The number of rotatable bonds is 11. The number of pyridine rings is 1. The van der Waals surface area contributed by atoms with Gasteiger partial charge in [-0.2, -0.15) is 10.1 Å². The Labute approximate surface area is 220 Å². The fourth-order valence-corrected chi connectivity index (χ4v) is 4.52. The number of hydrogen-bond donors (Lipinski definition) is 1. The first kappa shape index (κ1) is 26.7. The SMILES string of the molecule is CC.CC(C)CCCn1cc(-c2cccc3nc(Nc4ccc(OCCN5CCCC5)cc4)nn23)cn1. The van der Waals surface area contributed by atoms with Gasteiger partial charge < -0.3 is 10.1 Å². The van der Waals surface area contributed by atoms with Gasteiger partial charge in [-0.15, -0.1) is 5.10 Å². The summed E-state index contributed by atoms with van der Waals surface area (Å²) in [4.78, 5) is 7.12. The van der Waals surface area contributed by atoms with E-state index in [9.17, 15) is 0 Å². The Bertz CT molecular complexity index is 1220. The summed E-state index contributed by atoms with van der Waals surface area (Å²) >= 11 is 0. The second kappa shape index (κ2) is 13.2. The molecular weight excluding hydrogens is 462 g/mol. The van der Waals surface area contributed by atoms with Crippen molar-refractivity contribution in [2.45, 2.75) is 59.9 Å². The van der Waals surface area contributed by atoms with E-state index < -0.39 is 0 Å². The minimum Gasteiger partial charge on any atom is -0.492 e. The molecule has 1 aliphatic rings. The summed E-state index contributed by atoms with van der Waals surface area (Å²) in [5, 5.41) is 12.6. The predicted octanol–water partition coefficient (Wildman–Crippen LogP) is 6.27. The summed E-state index contributed by atoms with van der Waals surface area (Å²) in [6.45, 7) is 13.5. The van der Waals surface area contributed by atoms with Gasteiger partial charge in [-0.25, -0.2) is 4.52 Å². The Hall–Kier alpha value is -3.39. The standard InChI is InChI=1S/C27H35N7O.C2H6/c1-21(2)7-6-16-33-20-22(19-28-33)25-8-5-9-26-30-27(31-34(25)26)29-23-10-12-24(13-11-23)35-18-17-32-14-3-4-15-32;1-2/h5,8-13,19-21H,3-4,6-7,14-18H2,1-2H3,(H,29,31);1-2H3. The lowest BCUT2D eigenvalue weighted by Gasteiger charge is -2.15. The van der Waals surface area contributed by atoms with E-state index in [4.69, 9.17) is 9.84 Å². The molecule has 4 aromatic rings. The minimum atomic E-state index is 0.560. The van der Waals surface area contributed by atoms with Crippen LogP contribution in [0.4, 0.5) is 11.6 Å². The van der Waals surface area contributed by atoms with Crippen molar-refractivity contribution >= 4 is 17.3 Å². The zero-order valence-corrected chi connectivity index (χ0v) is 22.7. The fourth-order valence-electron chi connectivity index (χ4n) is 4.52. The van der Waals surface area contributed by atoms with Crippen molar-refractivity contribution in [3.63, 3.8) is 0 Å². The number of nitrogens with zero attached hydrogens (tertiary/aromatic N) is 6. The maximum atomic E-state index is 5.91. The molecule has 0 spiro atoms. The molecule has 1 aromatic carbocycles. The van der Waals surface area contributed by atoms with Crippen LogP contribution in [0.3, 0.4) is 0 Å². The molecule has 0 bridgehead atoms. The van der Waals surface area contributed by atoms with Gasteiger partial charge in [0.1, 0.15) is 12.4 Å². The monoisotopic (exact) mass is 503 g/mol. The molecule has 0 radical (unpaired) electrons. The number of anilines is 2. The second-order valence-corrected chi connectivity index (χ2v) is 9.69. The topological polar surface area (TPSA) is 72.5 Å². The van der Waals surface area contributed by atoms with Crippen molar-refractivity contribution in [2.75, 3.05) is 31.6 Å². The first-order valence-electron chi connectivity index (χ1n) is 13.7. The lowest BCUT2D eigenvalue weighted by Crippen LogP contribution is -2.25. The number of likely N-dealkylation sites (tertiary alicyclic amines) is 1. The van der Waals surface area contributed by atoms with E-state index in [1.54, 1.807) is 0 Å². The summed E-state index contributed by atoms with van der Waals surface area (Å²) in [5.41, 5.74) is 3.72. The average Bonchev–Trinajstić information content (AvgIpc) is 3.67. The van der Waals surface area contributed by atoms with Gasteiger partial charge in [0.15, 0.2) is 5.65 Å². The molecule has 0 atom stereocenters. The van der Waals surface area contributed by atoms with Crippen LogP contribution < -0.4 is 10.1 Å². The molecule has 0 amide bonds. The Morgan fingerprint density at radius 2 is 1.78 bits per heavy atom. The Kier molecular flexibility index (Phi) is 9.54. The lowest BCUT2D eigenvalue weighted by atomic mass is 10.1. The van der Waals surface area contributed by atoms with Gasteiger partial charge in [0.25, 0.3) is 0 Å². The van der Waals surface area contributed by atoms with Gasteiger partial charge in [-0.05, 0) is 81.1 Å². The summed E-state index contributed by atoms with van der Waals surface area (Å²) in [6.07, 6.45) is 8.94. The van der Waals surface area contributed by atoms with E-state index in [1.807, 2.05) is 65.6 Å². The molecular formula is C29H41N7O. The summed E-state index contributed by atoms with van der Waals surface area (Å²) in [5.74, 6) is 2.15. The second-order valence-electron chi connectivity index (χ2n) is 9.69. The summed E-state index contributed by atoms with van der Waals surface area (Å²) in [6, 6.07) is 14.0. The van der Waals surface area contributed by atoms with E-state index in [0.717, 1.165) is 54.5 Å². The van der Waals surface area contributed by atoms with Gasteiger partial charge >= 0.3 is 0 Å². The maximum Gasteiger partial charge on any atom is 0.247 e. The predicted molar refractivity (Wildman–Crippen MR) is 151 cm³/mol. The molecule has 8 nitrogen and oxygen atoms in total.